The van der Waals surface area contributed by atoms with Crippen molar-refractivity contribution in [3.8, 4) is 0 Å². The van der Waals surface area contributed by atoms with E-state index in [1.807, 2.05) is 31.2 Å². The molecule has 0 spiro atoms. The van der Waals surface area contributed by atoms with Crippen LogP contribution in [0.15, 0.2) is 50.9 Å². The van der Waals surface area contributed by atoms with E-state index in [4.69, 9.17) is 0 Å². The Morgan fingerprint density at radius 1 is 1.19 bits per heavy atom. The molecule has 2 aliphatic rings. The predicted molar refractivity (Wildman–Crippen MR) is 123 cm³/mol. The number of halogens is 2. The third-order valence-corrected chi connectivity index (χ3v) is 8.60. The van der Waals surface area contributed by atoms with Crippen molar-refractivity contribution in [1.82, 2.24) is 24.2 Å². The summed E-state index contributed by atoms with van der Waals surface area (Å²) in [5.41, 5.74) is 2.36. The molecule has 2 aromatic heterocycles. The van der Waals surface area contributed by atoms with Gasteiger partial charge in [0.25, 0.3) is 15.7 Å². The van der Waals surface area contributed by atoms with E-state index in [1.165, 1.54) is 16.1 Å². The fourth-order valence-electron chi connectivity index (χ4n) is 3.65. The van der Waals surface area contributed by atoms with E-state index >= 15 is 0 Å². The summed E-state index contributed by atoms with van der Waals surface area (Å²) in [6.07, 6.45) is 1.72. The normalized spacial score (nSPS) is 16.6. The second-order valence-electron chi connectivity index (χ2n) is 7.37. The van der Waals surface area contributed by atoms with Gasteiger partial charge in [0, 0.05) is 71.3 Å². The molecule has 1 amide bonds. The zero-order valence-corrected chi connectivity index (χ0v) is 22.3. The largest absolute Gasteiger partial charge is 1.00 e. The van der Waals surface area contributed by atoms with Crippen LogP contribution in [0.3, 0.4) is 0 Å². The predicted octanol–water partition coefficient (Wildman–Crippen LogP) is -0.358. The minimum atomic E-state index is -3.67. The van der Waals surface area contributed by atoms with E-state index in [0.29, 0.717) is 18.1 Å². The molecule has 0 saturated carbocycles. The van der Waals surface area contributed by atoms with Crippen LogP contribution in [-0.2, 0) is 14.8 Å². The first-order valence-corrected chi connectivity index (χ1v) is 12.7. The molecular formula is C20H18BrIN5O3S2. The maximum atomic E-state index is 13.1. The topological polar surface area (TPSA) is 100 Å². The van der Waals surface area contributed by atoms with Crippen molar-refractivity contribution >= 4 is 65.3 Å². The molecule has 5 rings (SSSR count). The minimum Gasteiger partial charge on any atom is -1.00 e. The van der Waals surface area contributed by atoms with Crippen LogP contribution in [0.5, 0.6) is 0 Å². The number of hydrogen-bond acceptors (Lipinski definition) is 6. The Balaban J connectivity index is 0.00000245. The third kappa shape index (κ3) is 4.34. The number of amides is 1. The molecule has 0 unspecified atom stereocenters. The second-order valence-corrected chi connectivity index (χ2v) is 11.2. The van der Waals surface area contributed by atoms with Gasteiger partial charge in [-0.25, -0.2) is 8.42 Å². The van der Waals surface area contributed by atoms with Gasteiger partial charge in [0.05, 0.1) is 4.99 Å². The van der Waals surface area contributed by atoms with Crippen LogP contribution in [0, 0.1) is 6.92 Å². The number of rotatable bonds is 3. The number of H-pyrrole nitrogens is 1. The van der Waals surface area contributed by atoms with Gasteiger partial charge >= 0.3 is 11.0 Å². The number of thioether (sulfide) groups is 1. The Hall–Kier alpha value is -1.48. The number of sulfonamides is 1. The molecule has 0 aliphatic carbocycles. The summed E-state index contributed by atoms with van der Waals surface area (Å²) in [6.45, 7) is 2.98. The molecule has 167 valence electrons. The van der Waals surface area contributed by atoms with Gasteiger partial charge in [0.1, 0.15) is 9.92 Å². The quantitative estimate of drug-likeness (QED) is 0.392. The number of aliphatic imine (C=N–C) groups is 1. The van der Waals surface area contributed by atoms with E-state index in [2.05, 4.69) is 30.9 Å². The number of aryl methyl sites for hydroxylation is 1. The number of carbonyl (C=O) groups is 1. The fourth-order valence-corrected chi connectivity index (χ4v) is 6.35. The zero-order valence-electron chi connectivity index (χ0n) is 16.9. The number of aromatic nitrogens is 2. The highest BCUT2D eigenvalue weighted by molar-refractivity contribution is 9.10. The van der Waals surface area contributed by atoms with Crippen molar-refractivity contribution in [3.63, 3.8) is 0 Å². The number of nitrogens with zero attached hydrogens (tertiary/aromatic N) is 4. The summed E-state index contributed by atoms with van der Waals surface area (Å²) < 4.78 is 28.5. The average Bonchev–Trinajstić information content (AvgIpc) is 3.37. The molecule has 2 aliphatic heterocycles. The number of hydrogen-bond donors (Lipinski definition) is 1. The molecule has 1 N–H and O–H groups in total. The van der Waals surface area contributed by atoms with E-state index in [0.717, 1.165) is 31.7 Å². The van der Waals surface area contributed by atoms with Crippen LogP contribution in [0.25, 0.3) is 10.9 Å². The fraction of sp³-hybridized carbons (Fsp3) is 0.250. The van der Waals surface area contributed by atoms with Crippen LogP contribution in [0.1, 0.15) is 5.69 Å². The first-order valence-electron chi connectivity index (χ1n) is 9.62. The summed E-state index contributed by atoms with van der Waals surface area (Å²) in [4.78, 5) is 27.1. The van der Waals surface area contributed by atoms with E-state index in [-0.39, 0.29) is 48.0 Å². The van der Waals surface area contributed by atoms with Gasteiger partial charge < -0.3 is 33.9 Å². The Morgan fingerprint density at radius 3 is 2.69 bits per heavy atom. The summed E-state index contributed by atoms with van der Waals surface area (Å²) >= 11 is 4.71. The molecule has 0 bridgehead atoms. The van der Waals surface area contributed by atoms with Crippen molar-refractivity contribution in [1.29, 1.82) is 0 Å². The summed E-state index contributed by atoms with van der Waals surface area (Å²) in [5.74, 6) is -0.175. The Morgan fingerprint density at radius 2 is 1.94 bits per heavy atom. The number of benzene rings is 1. The molecule has 1 saturated heterocycles. The van der Waals surface area contributed by atoms with Gasteiger partial charge in [-0.15, -0.1) is 0 Å². The SMILES string of the molecule is Cc1cc2c(cn1)SC(C(=O)N1CCN(S(=O)(=O)c3cc4cc(Br)ccc4[nH]3)CC1)=[N+]2.[I-]. The van der Waals surface area contributed by atoms with Gasteiger partial charge in [-0.3, -0.25) is 9.78 Å². The maximum Gasteiger partial charge on any atom is 0.381 e. The molecule has 32 heavy (non-hydrogen) atoms. The number of pyridine rings is 1. The Kier molecular flexibility index (Phi) is 6.69. The zero-order chi connectivity index (χ0) is 21.8. The molecule has 0 atom stereocenters. The minimum absolute atomic E-state index is 0. The molecule has 8 nitrogen and oxygen atoms in total. The molecule has 1 fully saturated rings. The lowest BCUT2D eigenvalue weighted by atomic mass is 10.3. The highest BCUT2D eigenvalue weighted by Crippen LogP contribution is 2.33. The lowest BCUT2D eigenvalue weighted by molar-refractivity contribution is -0.124. The Bertz CT molecular complexity index is 1350. The first-order chi connectivity index (χ1) is 14.8. The van der Waals surface area contributed by atoms with E-state index < -0.39 is 10.0 Å². The van der Waals surface area contributed by atoms with Crippen molar-refractivity contribution in [2.45, 2.75) is 16.8 Å². The highest BCUT2D eigenvalue weighted by Gasteiger charge is 2.39. The van der Waals surface area contributed by atoms with Gasteiger partial charge in [-0.2, -0.15) is 4.31 Å². The lowest BCUT2D eigenvalue weighted by Crippen LogP contribution is -3.00. The smallest absolute Gasteiger partial charge is 0.381 e. The molecule has 12 heteroatoms. The van der Waals surface area contributed by atoms with Gasteiger partial charge in [0.2, 0.25) is 0 Å². The van der Waals surface area contributed by atoms with Crippen LogP contribution in [0.2, 0.25) is 0 Å². The van der Waals surface area contributed by atoms with E-state index in [9.17, 15) is 13.2 Å². The summed E-state index contributed by atoms with van der Waals surface area (Å²) in [6, 6.07) is 9.07. The number of aromatic amines is 1. The maximum absolute atomic E-state index is 13.1. The Labute approximate surface area is 215 Å². The van der Waals surface area contributed by atoms with Crippen molar-refractivity contribution in [3.05, 3.63) is 46.7 Å². The van der Waals surface area contributed by atoms with Crippen LogP contribution >= 0.6 is 27.7 Å². The molecule has 4 heterocycles. The summed E-state index contributed by atoms with van der Waals surface area (Å²) in [7, 11) is -3.67. The van der Waals surface area contributed by atoms with Gasteiger partial charge in [-0.05, 0) is 31.2 Å². The van der Waals surface area contributed by atoms with Crippen molar-refractivity contribution in [2.75, 3.05) is 26.2 Å². The molecular weight excluding hydrogens is 629 g/mol. The monoisotopic (exact) mass is 646 g/mol. The summed E-state index contributed by atoms with van der Waals surface area (Å²) in [5, 5.41) is 1.39. The van der Waals surface area contributed by atoms with Gasteiger partial charge in [0.15, 0.2) is 0 Å². The second kappa shape index (κ2) is 9.05. The van der Waals surface area contributed by atoms with Crippen LogP contribution in [-0.4, -0.2) is 64.7 Å². The average molecular weight is 647 g/mol. The van der Waals surface area contributed by atoms with Gasteiger partial charge in [-0.1, -0.05) is 15.9 Å². The van der Waals surface area contributed by atoms with Crippen LogP contribution in [0.4, 0.5) is 5.69 Å². The standard InChI is InChI=1S/C20H18BrN5O3S2.HI/c1-12-8-16-17(11-22-12)30-19(24-16)20(27)25-4-6-26(7-5-25)31(28,29)18-10-13-9-14(21)2-3-15(13)23-18;/h2-3,8-11,23H,4-7H2,1H3;1H/q+1;/p-1. The first kappa shape index (κ1) is 23.7. The number of fused-ring (bicyclic) bond motifs is 2. The van der Waals surface area contributed by atoms with Crippen molar-refractivity contribution < 1.29 is 37.2 Å². The number of nitrogens with one attached hydrogen (secondary N) is 1. The number of carbonyl (C=O) groups excluding carboxylic acids is 1. The van der Waals surface area contributed by atoms with Crippen molar-refractivity contribution in [2.24, 2.45) is 0 Å². The number of piperazine rings is 1. The highest BCUT2D eigenvalue weighted by atomic mass is 127. The lowest BCUT2D eigenvalue weighted by Gasteiger charge is -2.32. The van der Waals surface area contributed by atoms with Crippen LogP contribution < -0.4 is 29.0 Å². The third-order valence-electron chi connectivity index (χ3n) is 5.30. The molecule has 3 aromatic rings. The molecule has 1 aromatic carbocycles. The molecule has 1 radical (unpaired) electrons. The van der Waals surface area contributed by atoms with E-state index in [1.54, 1.807) is 17.2 Å².